The molecule has 2 fully saturated rings. The van der Waals surface area contributed by atoms with Crippen LogP contribution in [-0.2, 0) is 11.3 Å². The van der Waals surface area contributed by atoms with Crippen molar-refractivity contribution in [2.45, 2.75) is 44.8 Å². The van der Waals surface area contributed by atoms with Crippen LogP contribution in [0.4, 0.5) is 0 Å². The first-order valence-corrected chi connectivity index (χ1v) is 9.02. The fraction of sp³-hybridized carbons (Fsp3) is 0.611. The van der Waals surface area contributed by atoms with Gasteiger partial charge in [-0.15, -0.1) is 0 Å². The Hall–Kier alpha value is -1.30. The lowest BCUT2D eigenvalue weighted by Gasteiger charge is -2.49. The number of hydrogen-bond donors (Lipinski definition) is 1. The van der Waals surface area contributed by atoms with Gasteiger partial charge in [0.2, 0.25) is 0 Å². The third-order valence-corrected chi connectivity index (χ3v) is 5.26. The summed E-state index contributed by atoms with van der Waals surface area (Å²) in [6.45, 7) is 6.06. The monoisotopic (exact) mass is 352 g/mol. The number of nitrogens with zero attached hydrogens (tertiary/aromatic N) is 2. The number of benzene rings is 1. The van der Waals surface area contributed by atoms with Gasteiger partial charge in [-0.1, -0.05) is 18.0 Å². The number of piperidine rings is 1. The maximum atomic E-state index is 10.7. The zero-order valence-corrected chi connectivity index (χ0v) is 14.8. The van der Waals surface area contributed by atoms with Crippen molar-refractivity contribution in [3.8, 4) is 5.75 Å². The molecule has 0 amide bonds. The van der Waals surface area contributed by atoms with Crippen LogP contribution in [0.25, 0.3) is 0 Å². The molecule has 2 heterocycles. The van der Waals surface area contributed by atoms with Crippen LogP contribution in [0.5, 0.6) is 5.75 Å². The fourth-order valence-electron chi connectivity index (χ4n) is 3.74. The second-order valence-corrected chi connectivity index (χ2v) is 7.30. The third kappa shape index (κ3) is 4.21. The molecule has 3 rings (SSSR count). The molecule has 1 atom stereocenters. The molecular formula is C18H25ClN2O3. The van der Waals surface area contributed by atoms with Crippen molar-refractivity contribution in [3.63, 3.8) is 0 Å². The summed E-state index contributed by atoms with van der Waals surface area (Å²) in [7, 11) is 0. The van der Waals surface area contributed by atoms with Crippen molar-refractivity contribution in [1.29, 1.82) is 0 Å². The third-order valence-electron chi connectivity index (χ3n) is 5.03. The van der Waals surface area contributed by atoms with Crippen LogP contribution < -0.4 is 4.74 Å². The van der Waals surface area contributed by atoms with E-state index < -0.39 is 5.97 Å². The van der Waals surface area contributed by atoms with Crippen molar-refractivity contribution in [1.82, 2.24) is 9.80 Å². The molecule has 5 nitrogen and oxygen atoms in total. The molecule has 132 valence electrons. The maximum absolute atomic E-state index is 10.7. The van der Waals surface area contributed by atoms with Gasteiger partial charge in [-0.05, 0) is 44.5 Å². The molecule has 0 bridgehead atoms. The number of aliphatic carboxylic acids is 1. The Bertz CT molecular complexity index is 590. The highest BCUT2D eigenvalue weighted by Gasteiger charge is 2.35. The second-order valence-electron chi connectivity index (χ2n) is 6.86. The lowest BCUT2D eigenvalue weighted by Crippen LogP contribution is -2.61. The van der Waals surface area contributed by atoms with E-state index >= 15 is 0 Å². The van der Waals surface area contributed by atoms with E-state index in [9.17, 15) is 4.79 Å². The number of hydrogen-bond acceptors (Lipinski definition) is 4. The maximum Gasteiger partial charge on any atom is 0.341 e. The molecule has 1 aromatic carbocycles. The van der Waals surface area contributed by atoms with Gasteiger partial charge in [-0.2, -0.15) is 0 Å². The van der Waals surface area contributed by atoms with Crippen molar-refractivity contribution < 1.29 is 14.6 Å². The van der Waals surface area contributed by atoms with E-state index in [1.165, 1.54) is 25.8 Å². The zero-order chi connectivity index (χ0) is 17.1. The molecule has 0 saturated carbocycles. The molecule has 0 unspecified atom stereocenters. The Balaban J connectivity index is 1.57. The van der Waals surface area contributed by atoms with Crippen LogP contribution in [0.1, 0.15) is 31.7 Å². The quantitative estimate of drug-likeness (QED) is 0.853. The van der Waals surface area contributed by atoms with Gasteiger partial charge in [0.1, 0.15) is 5.75 Å². The van der Waals surface area contributed by atoms with Crippen molar-refractivity contribution in [2.24, 2.45) is 0 Å². The molecule has 0 radical (unpaired) electrons. The summed E-state index contributed by atoms with van der Waals surface area (Å²) in [6, 6.07) is 6.69. The number of ether oxygens (including phenoxy) is 1. The molecule has 2 aliphatic heterocycles. The highest BCUT2D eigenvalue weighted by Crippen LogP contribution is 2.29. The molecule has 2 aliphatic rings. The van der Waals surface area contributed by atoms with E-state index in [0.717, 1.165) is 25.2 Å². The van der Waals surface area contributed by atoms with Gasteiger partial charge >= 0.3 is 5.97 Å². The minimum Gasteiger partial charge on any atom is -0.482 e. The number of likely N-dealkylation sites (tertiary alicyclic amines) is 2. The molecule has 2 saturated heterocycles. The van der Waals surface area contributed by atoms with E-state index in [4.69, 9.17) is 21.4 Å². The van der Waals surface area contributed by atoms with E-state index in [0.29, 0.717) is 22.9 Å². The number of carbonyl (C=O) groups is 1. The smallest absolute Gasteiger partial charge is 0.341 e. The van der Waals surface area contributed by atoms with Crippen LogP contribution in [0, 0.1) is 0 Å². The average molecular weight is 353 g/mol. The van der Waals surface area contributed by atoms with E-state index in [1.54, 1.807) is 12.1 Å². The molecule has 1 N–H and O–H groups in total. The van der Waals surface area contributed by atoms with Crippen LogP contribution in [0.2, 0.25) is 5.02 Å². The van der Waals surface area contributed by atoms with E-state index in [2.05, 4.69) is 16.7 Å². The average Bonchev–Trinajstić information content (AvgIpc) is 2.50. The lowest BCUT2D eigenvalue weighted by molar-refractivity contribution is -0.139. The van der Waals surface area contributed by atoms with E-state index in [1.807, 2.05) is 6.07 Å². The molecule has 0 spiro atoms. The van der Waals surface area contributed by atoms with Crippen LogP contribution >= 0.6 is 11.6 Å². The van der Waals surface area contributed by atoms with Crippen molar-refractivity contribution >= 4 is 17.6 Å². The first-order chi connectivity index (χ1) is 11.5. The second kappa shape index (κ2) is 7.72. The minimum atomic E-state index is -0.973. The van der Waals surface area contributed by atoms with Gasteiger partial charge in [0.25, 0.3) is 0 Å². The van der Waals surface area contributed by atoms with Gasteiger partial charge in [0, 0.05) is 42.3 Å². The van der Waals surface area contributed by atoms with Gasteiger partial charge in [0.15, 0.2) is 6.61 Å². The number of halogens is 1. The molecule has 1 aromatic rings. The summed E-state index contributed by atoms with van der Waals surface area (Å²) in [4.78, 5) is 15.7. The zero-order valence-electron chi connectivity index (χ0n) is 14.1. The van der Waals surface area contributed by atoms with Gasteiger partial charge in [0.05, 0.1) is 0 Å². The minimum absolute atomic E-state index is 0.331. The first kappa shape index (κ1) is 17.5. The Morgan fingerprint density at radius 3 is 2.88 bits per heavy atom. The van der Waals surface area contributed by atoms with Gasteiger partial charge in [-0.25, -0.2) is 4.79 Å². The topological polar surface area (TPSA) is 53.0 Å². The molecular weight excluding hydrogens is 328 g/mol. The normalized spacial score (nSPS) is 23.0. The SMILES string of the molecule is C[C@@H]1CCCCN1C1CN(Cc2cc(Cl)ccc2OCC(=O)O)C1. The predicted molar refractivity (Wildman–Crippen MR) is 93.7 cm³/mol. The Morgan fingerprint density at radius 2 is 2.17 bits per heavy atom. The summed E-state index contributed by atoms with van der Waals surface area (Å²) in [5.74, 6) is -0.365. The predicted octanol–water partition coefficient (Wildman–Crippen LogP) is 2.86. The number of rotatable bonds is 6. The molecule has 0 aromatic heterocycles. The van der Waals surface area contributed by atoms with Gasteiger partial charge < -0.3 is 9.84 Å². The van der Waals surface area contributed by atoms with Crippen molar-refractivity contribution in [2.75, 3.05) is 26.2 Å². The Labute approximate surface area is 148 Å². The van der Waals surface area contributed by atoms with Crippen LogP contribution in [-0.4, -0.2) is 59.2 Å². The summed E-state index contributed by atoms with van der Waals surface area (Å²) in [6.07, 6.45) is 3.96. The standard InChI is InChI=1S/C18H25ClN2O3/c1-13-4-2-3-7-21(13)16-10-20(11-16)9-14-8-15(19)5-6-17(14)24-12-18(22)23/h5-6,8,13,16H,2-4,7,9-12H2,1H3,(H,22,23)/t13-/m1/s1. The highest BCUT2D eigenvalue weighted by molar-refractivity contribution is 6.30. The largest absolute Gasteiger partial charge is 0.482 e. The van der Waals surface area contributed by atoms with Crippen LogP contribution in [0.3, 0.4) is 0 Å². The summed E-state index contributed by atoms with van der Waals surface area (Å²) < 4.78 is 5.39. The van der Waals surface area contributed by atoms with Crippen molar-refractivity contribution in [3.05, 3.63) is 28.8 Å². The highest BCUT2D eigenvalue weighted by atomic mass is 35.5. The number of carboxylic acids is 1. The Morgan fingerprint density at radius 1 is 1.38 bits per heavy atom. The summed E-state index contributed by atoms with van der Waals surface area (Å²) >= 11 is 6.10. The lowest BCUT2D eigenvalue weighted by atomic mass is 9.97. The van der Waals surface area contributed by atoms with Gasteiger partial charge in [-0.3, -0.25) is 9.80 Å². The van der Waals surface area contributed by atoms with Crippen LogP contribution in [0.15, 0.2) is 18.2 Å². The molecule has 6 heteroatoms. The summed E-state index contributed by atoms with van der Waals surface area (Å²) in [5.41, 5.74) is 0.953. The fourth-order valence-corrected chi connectivity index (χ4v) is 3.93. The Kier molecular flexibility index (Phi) is 5.64. The number of carboxylic acid groups (broad SMARTS) is 1. The first-order valence-electron chi connectivity index (χ1n) is 8.64. The summed E-state index contributed by atoms with van der Waals surface area (Å²) in [5, 5.41) is 9.44. The van der Waals surface area contributed by atoms with E-state index in [-0.39, 0.29) is 6.61 Å². The molecule has 24 heavy (non-hydrogen) atoms. The molecule has 0 aliphatic carbocycles.